The van der Waals surface area contributed by atoms with E-state index < -0.39 is 21.8 Å². The summed E-state index contributed by atoms with van der Waals surface area (Å²) in [6, 6.07) is 16.8. The fourth-order valence-electron chi connectivity index (χ4n) is 3.04. The average Bonchev–Trinajstić information content (AvgIpc) is 2.73. The summed E-state index contributed by atoms with van der Waals surface area (Å²) < 4.78 is 65.4. The Morgan fingerprint density at radius 1 is 0.844 bits per heavy atom. The molecule has 4 rings (SSSR count). The van der Waals surface area contributed by atoms with Crippen LogP contribution in [0.2, 0.25) is 5.02 Å². The van der Waals surface area contributed by atoms with Crippen LogP contribution in [-0.2, 0) is 16.2 Å². The SMILES string of the molecule is O=S(=O)(Nc1ccc(C(F)(F)F)cc1)c1ccc(Nc2ccnc3cc(Cl)ccc23)cc1. The lowest BCUT2D eigenvalue weighted by molar-refractivity contribution is -0.137. The Labute approximate surface area is 186 Å². The molecule has 5 nitrogen and oxygen atoms in total. The maximum atomic E-state index is 12.7. The topological polar surface area (TPSA) is 71.1 Å². The van der Waals surface area contributed by atoms with Gasteiger partial charge in [-0.2, -0.15) is 13.2 Å². The van der Waals surface area contributed by atoms with E-state index in [4.69, 9.17) is 11.6 Å². The highest BCUT2D eigenvalue weighted by Crippen LogP contribution is 2.31. The van der Waals surface area contributed by atoms with Gasteiger partial charge in [0.15, 0.2) is 0 Å². The zero-order valence-electron chi connectivity index (χ0n) is 16.2. The number of alkyl halides is 3. The van der Waals surface area contributed by atoms with Gasteiger partial charge >= 0.3 is 6.18 Å². The van der Waals surface area contributed by atoms with Crippen molar-refractivity contribution in [3.63, 3.8) is 0 Å². The third-order valence-corrected chi connectivity index (χ3v) is 6.25. The van der Waals surface area contributed by atoms with Crippen LogP contribution in [0.3, 0.4) is 0 Å². The number of rotatable bonds is 5. The van der Waals surface area contributed by atoms with E-state index in [1.807, 2.05) is 6.07 Å². The molecule has 10 heteroatoms. The molecule has 0 unspecified atom stereocenters. The maximum absolute atomic E-state index is 12.7. The van der Waals surface area contributed by atoms with Crippen LogP contribution in [0.5, 0.6) is 0 Å². The number of nitrogens with one attached hydrogen (secondary N) is 2. The standard InChI is InChI=1S/C22H15ClF3N3O2S/c23-15-3-10-19-20(11-12-27-21(19)13-15)28-16-6-8-18(9-7-16)32(30,31)29-17-4-1-14(2-5-17)22(24,25)26/h1-13,29H,(H,27,28). The first-order valence-corrected chi connectivity index (χ1v) is 11.1. The molecule has 4 aromatic rings. The zero-order chi connectivity index (χ0) is 22.9. The highest BCUT2D eigenvalue weighted by Gasteiger charge is 2.30. The van der Waals surface area contributed by atoms with E-state index in [-0.39, 0.29) is 10.6 Å². The van der Waals surface area contributed by atoms with Crippen molar-refractivity contribution in [3.05, 3.63) is 89.6 Å². The lowest BCUT2D eigenvalue weighted by Crippen LogP contribution is -2.13. The van der Waals surface area contributed by atoms with Gasteiger partial charge in [-0.3, -0.25) is 9.71 Å². The summed E-state index contributed by atoms with van der Waals surface area (Å²) in [4.78, 5) is 4.24. The van der Waals surface area contributed by atoms with Gasteiger partial charge in [-0.05, 0) is 72.8 Å². The van der Waals surface area contributed by atoms with E-state index in [0.29, 0.717) is 16.2 Å². The van der Waals surface area contributed by atoms with Crippen LogP contribution in [0.25, 0.3) is 10.9 Å². The van der Waals surface area contributed by atoms with Crippen LogP contribution < -0.4 is 10.0 Å². The normalized spacial score (nSPS) is 12.0. The first kappa shape index (κ1) is 21.9. The molecular weight excluding hydrogens is 463 g/mol. The number of aromatic nitrogens is 1. The molecule has 1 heterocycles. The van der Waals surface area contributed by atoms with E-state index in [1.54, 1.807) is 36.5 Å². The number of sulfonamides is 1. The van der Waals surface area contributed by atoms with Crippen molar-refractivity contribution >= 4 is 49.6 Å². The molecule has 0 saturated carbocycles. The summed E-state index contributed by atoms with van der Waals surface area (Å²) in [6.45, 7) is 0. The lowest BCUT2D eigenvalue weighted by Gasteiger charge is -2.12. The molecule has 0 atom stereocenters. The van der Waals surface area contributed by atoms with Crippen molar-refractivity contribution < 1.29 is 21.6 Å². The first-order valence-electron chi connectivity index (χ1n) is 9.23. The fraction of sp³-hybridized carbons (Fsp3) is 0.0455. The lowest BCUT2D eigenvalue weighted by atomic mass is 10.2. The number of hydrogen-bond donors (Lipinski definition) is 2. The summed E-state index contributed by atoms with van der Waals surface area (Å²) in [5, 5.41) is 4.62. The summed E-state index contributed by atoms with van der Waals surface area (Å²) in [5.41, 5.74) is 1.29. The van der Waals surface area contributed by atoms with Crippen LogP contribution in [0.15, 0.2) is 83.9 Å². The fourth-order valence-corrected chi connectivity index (χ4v) is 4.27. The van der Waals surface area contributed by atoms with E-state index in [2.05, 4.69) is 15.0 Å². The predicted molar refractivity (Wildman–Crippen MR) is 119 cm³/mol. The number of hydrogen-bond acceptors (Lipinski definition) is 4. The van der Waals surface area contributed by atoms with Crippen LogP contribution in [-0.4, -0.2) is 13.4 Å². The van der Waals surface area contributed by atoms with Crippen molar-refractivity contribution in [2.45, 2.75) is 11.1 Å². The van der Waals surface area contributed by atoms with E-state index in [0.717, 1.165) is 35.3 Å². The predicted octanol–water partition coefficient (Wildman–Crippen LogP) is 6.45. The van der Waals surface area contributed by atoms with Crippen LogP contribution in [0.1, 0.15) is 5.56 Å². The second-order valence-electron chi connectivity index (χ2n) is 6.85. The molecular formula is C22H15ClF3N3O2S. The van der Waals surface area contributed by atoms with E-state index in [9.17, 15) is 21.6 Å². The molecule has 2 N–H and O–H groups in total. The zero-order valence-corrected chi connectivity index (χ0v) is 17.8. The second-order valence-corrected chi connectivity index (χ2v) is 8.97. The van der Waals surface area contributed by atoms with Gasteiger partial charge in [-0.1, -0.05) is 11.6 Å². The van der Waals surface area contributed by atoms with Crippen LogP contribution in [0, 0.1) is 0 Å². The Bertz CT molecular complexity index is 1370. The smallest absolute Gasteiger partial charge is 0.355 e. The minimum Gasteiger partial charge on any atom is -0.355 e. The molecule has 0 saturated heterocycles. The van der Waals surface area contributed by atoms with Crippen molar-refractivity contribution in [2.75, 3.05) is 10.0 Å². The monoisotopic (exact) mass is 477 g/mol. The number of benzene rings is 3. The summed E-state index contributed by atoms with van der Waals surface area (Å²) in [6.07, 6.45) is -2.86. The Hall–Kier alpha value is -3.30. The number of nitrogens with zero attached hydrogens (tertiary/aromatic N) is 1. The number of pyridine rings is 1. The minimum absolute atomic E-state index is 0.0297. The first-order chi connectivity index (χ1) is 15.1. The molecule has 1 aromatic heterocycles. The molecule has 0 amide bonds. The molecule has 0 aliphatic carbocycles. The molecule has 0 radical (unpaired) electrons. The minimum atomic E-state index is -4.49. The van der Waals surface area contributed by atoms with E-state index in [1.165, 1.54) is 12.1 Å². The van der Waals surface area contributed by atoms with Crippen molar-refractivity contribution in [2.24, 2.45) is 0 Å². The molecule has 0 aliphatic heterocycles. The highest BCUT2D eigenvalue weighted by molar-refractivity contribution is 7.92. The Balaban J connectivity index is 1.52. The quantitative estimate of drug-likeness (QED) is 0.346. The van der Waals surface area contributed by atoms with Gasteiger partial charge in [0.2, 0.25) is 0 Å². The van der Waals surface area contributed by atoms with E-state index >= 15 is 0 Å². The molecule has 0 fully saturated rings. The molecule has 164 valence electrons. The number of halogens is 4. The van der Waals surface area contributed by atoms with Crippen molar-refractivity contribution in [1.29, 1.82) is 0 Å². The molecule has 3 aromatic carbocycles. The second kappa shape index (κ2) is 8.33. The van der Waals surface area contributed by atoms with Crippen molar-refractivity contribution in [3.8, 4) is 0 Å². The Morgan fingerprint density at radius 2 is 1.50 bits per heavy atom. The number of fused-ring (bicyclic) bond motifs is 1. The average molecular weight is 478 g/mol. The van der Waals surface area contributed by atoms with Gasteiger partial charge in [-0.25, -0.2) is 8.42 Å². The van der Waals surface area contributed by atoms with Gasteiger partial charge in [0.05, 0.1) is 16.0 Å². The van der Waals surface area contributed by atoms with Gasteiger partial charge in [-0.15, -0.1) is 0 Å². The maximum Gasteiger partial charge on any atom is 0.416 e. The summed E-state index contributed by atoms with van der Waals surface area (Å²) in [5.74, 6) is 0. The largest absolute Gasteiger partial charge is 0.416 e. The number of anilines is 3. The Kier molecular flexibility index (Phi) is 5.70. The molecule has 0 bridgehead atoms. The molecule has 32 heavy (non-hydrogen) atoms. The van der Waals surface area contributed by atoms with Crippen LogP contribution in [0.4, 0.5) is 30.2 Å². The summed E-state index contributed by atoms with van der Waals surface area (Å²) >= 11 is 6.00. The van der Waals surface area contributed by atoms with Crippen molar-refractivity contribution in [1.82, 2.24) is 4.98 Å². The van der Waals surface area contributed by atoms with Gasteiger partial charge in [0, 0.05) is 33.7 Å². The van der Waals surface area contributed by atoms with Gasteiger partial charge in [0.25, 0.3) is 10.0 Å². The van der Waals surface area contributed by atoms with Gasteiger partial charge in [0.1, 0.15) is 0 Å². The Morgan fingerprint density at radius 3 is 2.16 bits per heavy atom. The molecule has 0 spiro atoms. The summed E-state index contributed by atoms with van der Waals surface area (Å²) in [7, 11) is -3.97. The molecule has 0 aliphatic rings. The van der Waals surface area contributed by atoms with Gasteiger partial charge < -0.3 is 5.32 Å². The third kappa shape index (κ3) is 4.79. The third-order valence-electron chi connectivity index (χ3n) is 4.61. The highest BCUT2D eigenvalue weighted by atomic mass is 35.5. The van der Waals surface area contributed by atoms with Crippen LogP contribution >= 0.6 is 11.6 Å².